The molecule has 0 spiro atoms. The molecule has 0 aromatic heterocycles. The zero-order chi connectivity index (χ0) is 30.1. The molecule has 4 rings (SSSR count). The number of carbonyl (C=O) groups excluding carboxylic acids is 4. The largest absolute Gasteiger partial charge is 0.356 e. The van der Waals surface area contributed by atoms with Crippen LogP contribution in [-0.4, -0.2) is 54.8 Å². The van der Waals surface area contributed by atoms with E-state index in [0.29, 0.717) is 19.5 Å². The molecule has 1 saturated heterocycles. The van der Waals surface area contributed by atoms with E-state index in [1.165, 1.54) is 0 Å². The first-order valence-electron chi connectivity index (χ1n) is 14.6. The molecule has 1 aliphatic heterocycles. The van der Waals surface area contributed by atoms with E-state index in [1.807, 2.05) is 86.6 Å². The molecule has 6 N–H and O–H groups in total. The predicted octanol–water partition coefficient (Wildman–Crippen LogP) is 2.22. The summed E-state index contributed by atoms with van der Waals surface area (Å²) in [5, 5.41) is 13.6. The first kappa shape index (κ1) is 30.7. The number of benzene rings is 3. The van der Waals surface area contributed by atoms with Crippen LogP contribution in [0.25, 0.3) is 10.8 Å². The van der Waals surface area contributed by atoms with Crippen molar-refractivity contribution in [1.29, 1.82) is 0 Å². The monoisotopic (exact) mass is 571 g/mol. The molecule has 1 aliphatic rings. The molecule has 42 heavy (non-hydrogen) atoms. The summed E-state index contributed by atoms with van der Waals surface area (Å²) in [6, 6.07) is 20.4. The van der Waals surface area contributed by atoms with E-state index in [0.717, 1.165) is 21.9 Å². The number of rotatable bonds is 13. The normalized spacial score (nSPS) is 16.9. The van der Waals surface area contributed by atoms with Crippen LogP contribution in [0.1, 0.15) is 37.8 Å². The molecule has 0 bridgehead atoms. The van der Waals surface area contributed by atoms with Crippen LogP contribution < -0.4 is 27.0 Å². The highest BCUT2D eigenvalue weighted by Crippen LogP contribution is 2.19. The van der Waals surface area contributed by atoms with Crippen LogP contribution in [0.5, 0.6) is 0 Å². The molecule has 4 amide bonds. The van der Waals surface area contributed by atoms with E-state index in [4.69, 9.17) is 5.73 Å². The summed E-state index contributed by atoms with van der Waals surface area (Å²) in [6.45, 7) is 4.93. The van der Waals surface area contributed by atoms with Gasteiger partial charge in [-0.15, -0.1) is 0 Å². The molecular formula is C33H41N5O4. The standard InChI is InChI=1S/C33H41N5O4/c1-21(2)20-36-33(42)30(34)27(19-26-14-15-35-31(26)40)38-32(41)28(17-22-8-4-3-5-9-22)37-29(39)18-23-12-13-24-10-6-7-11-25(24)16-23/h3-13,16,21,26-28,30H,14-15,17-20,34H2,1-2H3,(H,35,40)(H,36,42)(H,37,39)(H,38,41)/t26-,27-,28-,30-/m0/s1. The molecule has 3 aromatic carbocycles. The second-order valence-electron chi connectivity index (χ2n) is 11.5. The van der Waals surface area contributed by atoms with Crippen molar-refractivity contribution in [3.63, 3.8) is 0 Å². The zero-order valence-electron chi connectivity index (χ0n) is 24.3. The van der Waals surface area contributed by atoms with Crippen LogP contribution in [0.4, 0.5) is 0 Å². The molecule has 9 nitrogen and oxygen atoms in total. The Balaban J connectivity index is 1.51. The maximum absolute atomic E-state index is 13.8. The number of fused-ring (bicyclic) bond motifs is 1. The van der Waals surface area contributed by atoms with Crippen molar-refractivity contribution in [2.24, 2.45) is 17.6 Å². The highest BCUT2D eigenvalue weighted by Gasteiger charge is 2.35. The first-order chi connectivity index (χ1) is 20.2. The number of amides is 4. The van der Waals surface area contributed by atoms with Gasteiger partial charge in [-0.25, -0.2) is 0 Å². The van der Waals surface area contributed by atoms with Gasteiger partial charge in [-0.3, -0.25) is 19.2 Å². The second kappa shape index (κ2) is 14.6. The van der Waals surface area contributed by atoms with Crippen LogP contribution in [0.3, 0.4) is 0 Å². The SMILES string of the molecule is CC(C)CNC(=O)[C@@H](N)[C@H](C[C@@H]1CCNC1=O)NC(=O)[C@H](Cc1ccccc1)NC(=O)Cc1ccc2ccccc2c1. The van der Waals surface area contributed by atoms with E-state index in [-0.39, 0.29) is 42.9 Å². The van der Waals surface area contributed by atoms with Crippen LogP contribution in [0, 0.1) is 11.8 Å². The van der Waals surface area contributed by atoms with Gasteiger partial charge in [0.2, 0.25) is 23.6 Å². The fraction of sp³-hybridized carbons (Fsp3) is 0.394. The molecule has 0 saturated carbocycles. The van der Waals surface area contributed by atoms with E-state index in [2.05, 4.69) is 21.3 Å². The minimum Gasteiger partial charge on any atom is -0.356 e. The fourth-order valence-corrected chi connectivity index (χ4v) is 5.20. The third-order valence-corrected chi connectivity index (χ3v) is 7.56. The van der Waals surface area contributed by atoms with Crippen LogP contribution in [0.15, 0.2) is 72.8 Å². The van der Waals surface area contributed by atoms with Gasteiger partial charge in [-0.05, 0) is 40.7 Å². The fourth-order valence-electron chi connectivity index (χ4n) is 5.20. The van der Waals surface area contributed by atoms with Crippen molar-refractivity contribution in [2.75, 3.05) is 13.1 Å². The highest BCUT2D eigenvalue weighted by molar-refractivity contribution is 5.91. The van der Waals surface area contributed by atoms with Gasteiger partial charge in [-0.1, -0.05) is 86.6 Å². The van der Waals surface area contributed by atoms with Crippen molar-refractivity contribution in [2.45, 2.75) is 57.7 Å². The second-order valence-corrected chi connectivity index (χ2v) is 11.5. The molecule has 3 aromatic rings. The van der Waals surface area contributed by atoms with Gasteiger partial charge in [-0.2, -0.15) is 0 Å². The number of hydrogen-bond donors (Lipinski definition) is 5. The van der Waals surface area contributed by atoms with Crippen molar-refractivity contribution >= 4 is 34.4 Å². The summed E-state index contributed by atoms with van der Waals surface area (Å²) in [5.41, 5.74) is 8.08. The molecule has 0 unspecified atom stereocenters. The summed E-state index contributed by atoms with van der Waals surface area (Å²) in [4.78, 5) is 52.2. The summed E-state index contributed by atoms with van der Waals surface area (Å²) in [7, 11) is 0. The first-order valence-corrected chi connectivity index (χ1v) is 14.6. The predicted molar refractivity (Wildman–Crippen MR) is 163 cm³/mol. The molecule has 4 atom stereocenters. The summed E-state index contributed by atoms with van der Waals surface area (Å²) < 4.78 is 0. The summed E-state index contributed by atoms with van der Waals surface area (Å²) >= 11 is 0. The molecule has 0 aliphatic carbocycles. The van der Waals surface area contributed by atoms with E-state index in [9.17, 15) is 19.2 Å². The van der Waals surface area contributed by atoms with Crippen molar-refractivity contribution in [1.82, 2.24) is 21.3 Å². The van der Waals surface area contributed by atoms with Gasteiger partial charge < -0.3 is 27.0 Å². The quantitative estimate of drug-likeness (QED) is 0.214. The molecule has 9 heteroatoms. The maximum Gasteiger partial charge on any atom is 0.243 e. The minimum absolute atomic E-state index is 0.103. The number of nitrogens with one attached hydrogen (secondary N) is 4. The Morgan fingerprint density at radius 1 is 0.905 bits per heavy atom. The van der Waals surface area contributed by atoms with Gasteiger partial charge in [0.25, 0.3) is 0 Å². The molecule has 1 heterocycles. The lowest BCUT2D eigenvalue weighted by Crippen LogP contribution is -2.59. The number of carbonyl (C=O) groups is 4. The third-order valence-electron chi connectivity index (χ3n) is 7.56. The summed E-state index contributed by atoms with van der Waals surface area (Å²) in [6.07, 6.45) is 1.17. The Morgan fingerprint density at radius 2 is 1.62 bits per heavy atom. The van der Waals surface area contributed by atoms with Crippen LogP contribution in [0.2, 0.25) is 0 Å². The minimum atomic E-state index is -1.06. The Labute approximate surface area is 247 Å². The third kappa shape index (κ3) is 8.63. The van der Waals surface area contributed by atoms with E-state index >= 15 is 0 Å². The van der Waals surface area contributed by atoms with E-state index < -0.39 is 29.9 Å². The van der Waals surface area contributed by atoms with Crippen LogP contribution in [-0.2, 0) is 32.0 Å². The number of hydrogen-bond acceptors (Lipinski definition) is 5. The molecular weight excluding hydrogens is 530 g/mol. The molecule has 1 fully saturated rings. The lowest BCUT2D eigenvalue weighted by Gasteiger charge is -2.28. The van der Waals surface area contributed by atoms with Crippen molar-refractivity contribution in [3.05, 3.63) is 83.9 Å². The molecule has 0 radical (unpaired) electrons. The topological polar surface area (TPSA) is 142 Å². The molecule has 222 valence electrons. The maximum atomic E-state index is 13.8. The number of nitrogens with two attached hydrogens (primary N) is 1. The van der Waals surface area contributed by atoms with Gasteiger partial charge in [0.05, 0.1) is 12.5 Å². The van der Waals surface area contributed by atoms with Crippen molar-refractivity contribution in [3.8, 4) is 0 Å². The van der Waals surface area contributed by atoms with Crippen LogP contribution >= 0.6 is 0 Å². The van der Waals surface area contributed by atoms with Gasteiger partial charge in [0.1, 0.15) is 12.1 Å². The smallest absolute Gasteiger partial charge is 0.243 e. The average Bonchev–Trinajstić information content (AvgIpc) is 3.39. The summed E-state index contributed by atoms with van der Waals surface area (Å²) in [5.74, 6) is -1.41. The Morgan fingerprint density at radius 3 is 2.31 bits per heavy atom. The highest BCUT2D eigenvalue weighted by atomic mass is 16.2. The lowest BCUT2D eigenvalue weighted by atomic mass is 9.93. The lowest BCUT2D eigenvalue weighted by molar-refractivity contribution is -0.130. The zero-order valence-corrected chi connectivity index (χ0v) is 24.3. The van der Waals surface area contributed by atoms with Gasteiger partial charge in [0.15, 0.2) is 0 Å². The Kier molecular flexibility index (Phi) is 10.7. The Bertz CT molecular complexity index is 1390. The average molecular weight is 572 g/mol. The Hall–Kier alpha value is -4.24. The van der Waals surface area contributed by atoms with E-state index in [1.54, 1.807) is 0 Å². The van der Waals surface area contributed by atoms with Crippen molar-refractivity contribution < 1.29 is 19.2 Å². The van der Waals surface area contributed by atoms with Gasteiger partial charge in [0, 0.05) is 25.4 Å². The van der Waals surface area contributed by atoms with Gasteiger partial charge >= 0.3 is 0 Å².